The summed E-state index contributed by atoms with van der Waals surface area (Å²) >= 11 is 6.02. The standard InChI is InChI=1S/C22H18ClN3O/c1-13-3-9-18(11-14(13)2)24-22(27)16-6-4-15(5-7-16)21-25-19-10-8-17(23)12-20(19)26-21/h3-12H,1-2H3,(H,24,27)(H,25,26). The molecule has 0 aliphatic heterocycles. The Balaban J connectivity index is 1.55. The number of nitrogens with zero attached hydrogens (tertiary/aromatic N) is 1. The smallest absolute Gasteiger partial charge is 0.255 e. The quantitative estimate of drug-likeness (QED) is 0.478. The van der Waals surface area contributed by atoms with Crippen LogP contribution < -0.4 is 5.32 Å². The Bertz CT molecular complexity index is 1150. The fourth-order valence-corrected chi connectivity index (χ4v) is 3.09. The second-order valence-corrected chi connectivity index (χ2v) is 7.01. The van der Waals surface area contributed by atoms with E-state index in [1.165, 1.54) is 5.56 Å². The van der Waals surface area contributed by atoms with E-state index in [4.69, 9.17) is 11.6 Å². The zero-order chi connectivity index (χ0) is 19.0. The fraction of sp³-hybridized carbons (Fsp3) is 0.0909. The number of hydrogen-bond donors (Lipinski definition) is 2. The molecule has 27 heavy (non-hydrogen) atoms. The van der Waals surface area contributed by atoms with E-state index in [1.54, 1.807) is 12.1 Å². The Hall–Kier alpha value is -3.11. The zero-order valence-corrected chi connectivity index (χ0v) is 15.8. The molecule has 0 spiro atoms. The minimum atomic E-state index is -0.138. The van der Waals surface area contributed by atoms with Crippen LogP contribution in [-0.4, -0.2) is 15.9 Å². The predicted octanol–water partition coefficient (Wildman–Crippen LogP) is 5.75. The summed E-state index contributed by atoms with van der Waals surface area (Å²) in [6, 6.07) is 18.8. The Labute approximate surface area is 162 Å². The van der Waals surface area contributed by atoms with Gasteiger partial charge in [-0.15, -0.1) is 0 Å². The number of nitrogens with one attached hydrogen (secondary N) is 2. The third-order valence-electron chi connectivity index (χ3n) is 4.63. The third-order valence-corrected chi connectivity index (χ3v) is 4.86. The molecule has 4 aromatic rings. The highest BCUT2D eigenvalue weighted by atomic mass is 35.5. The van der Waals surface area contributed by atoms with Gasteiger partial charge in [-0.2, -0.15) is 0 Å². The van der Waals surface area contributed by atoms with Crippen molar-refractivity contribution in [1.82, 2.24) is 9.97 Å². The molecule has 0 saturated heterocycles. The van der Waals surface area contributed by atoms with Gasteiger partial charge in [0, 0.05) is 21.8 Å². The Morgan fingerprint density at radius 1 is 0.963 bits per heavy atom. The summed E-state index contributed by atoms with van der Waals surface area (Å²) in [5.41, 5.74) is 6.38. The molecule has 2 N–H and O–H groups in total. The molecule has 134 valence electrons. The molecule has 0 unspecified atom stereocenters. The first kappa shape index (κ1) is 17.3. The van der Waals surface area contributed by atoms with Crippen LogP contribution >= 0.6 is 11.6 Å². The van der Waals surface area contributed by atoms with Crippen molar-refractivity contribution in [3.63, 3.8) is 0 Å². The van der Waals surface area contributed by atoms with Crippen molar-refractivity contribution in [2.24, 2.45) is 0 Å². The number of benzene rings is 3. The topological polar surface area (TPSA) is 57.8 Å². The molecule has 1 aromatic heterocycles. The summed E-state index contributed by atoms with van der Waals surface area (Å²) in [4.78, 5) is 20.3. The lowest BCUT2D eigenvalue weighted by Gasteiger charge is -2.08. The largest absolute Gasteiger partial charge is 0.338 e. The summed E-state index contributed by atoms with van der Waals surface area (Å²) in [6.07, 6.45) is 0. The molecule has 0 aliphatic carbocycles. The maximum absolute atomic E-state index is 12.5. The van der Waals surface area contributed by atoms with Gasteiger partial charge in [0.05, 0.1) is 11.0 Å². The third kappa shape index (κ3) is 3.57. The van der Waals surface area contributed by atoms with Crippen LogP contribution in [0.4, 0.5) is 5.69 Å². The first-order chi connectivity index (χ1) is 13.0. The van der Waals surface area contributed by atoms with E-state index >= 15 is 0 Å². The minimum Gasteiger partial charge on any atom is -0.338 e. The van der Waals surface area contributed by atoms with Crippen molar-refractivity contribution in [2.75, 3.05) is 5.32 Å². The molecule has 1 amide bonds. The van der Waals surface area contributed by atoms with Gasteiger partial charge in [0.25, 0.3) is 5.91 Å². The first-order valence-electron chi connectivity index (χ1n) is 8.64. The Kier molecular flexibility index (Phi) is 4.42. The number of rotatable bonds is 3. The normalized spacial score (nSPS) is 10.9. The lowest BCUT2D eigenvalue weighted by atomic mass is 10.1. The molecule has 3 aromatic carbocycles. The zero-order valence-electron chi connectivity index (χ0n) is 15.0. The van der Waals surface area contributed by atoms with Gasteiger partial charge >= 0.3 is 0 Å². The van der Waals surface area contributed by atoms with Gasteiger partial charge in [-0.05, 0) is 67.4 Å². The van der Waals surface area contributed by atoms with Gasteiger partial charge in [0.1, 0.15) is 5.82 Å². The van der Waals surface area contributed by atoms with Crippen molar-refractivity contribution >= 4 is 34.2 Å². The number of carbonyl (C=O) groups excluding carboxylic acids is 1. The Morgan fingerprint density at radius 3 is 2.48 bits per heavy atom. The Morgan fingerprint density at radius 2 is 1.74 bits per heavy atom. The molecule has 4 rings (SSSR count). The average Bonchev–Trinajstić information content (AvgIpc) is 3.08. The van der Waals surface area contributed by atoms with Gasteiger partial charge in [0.15, 0.2) is 0 Å². The van der Waals surface area contributed by atoms with Crippen LogP contribution in [-0.2, 0) is 0 Å². The minimum absolute atomic E-state index is 0.138. The summed E-state index contributed by atoms with van der Waals surface area (Å²) in [6.45, 7) is 4.08. The van der Waals surface area contributed by atoms with E-state index in [0.29, 0.717) is 10.6 Å². The highest BCUT2D eigenvalue weighted by Crippen LogP contribution is 2.23. The van der Waals surface area contributed by atoms with E-state index in [-0.39, 0.29) is 5.91 Å². The van der Waals surface area contributed by atoms with Crippen LogP contribution in [0, 0.1) is 13.8 Å². The molecule has 0 atom stereocenters. The summed E-state index contributed by atoms with van der Waals surface area (Å²) < 4.78 is 0. The number of carbonyl (C=O) groups is 1. The summed E-state index contributed by atoms with van der Waals surface area (Å²) in [5.74, 6) is 0.606. The van der Waals surface area contributed by atoms with Crippen molar-refractivity contribution < 1.29 is 4.79 Å². The lowest BCUT2D eigenvalue weighted by Crippen LogP contribution is -2.11. The second-order valence-electron chi connectivity index (χ2n) is 6.58. The van der Waals surface area contributed by atoms with Crippen molar-refractivity contribution in [3.8, 4) is 11.4 Å². The molecule has 1 heterocycles. The molecular weight excluding hydrogens is 358 g/mol. The van der Waals surface area contributed by atoms with Crippen LogP contribution in [0.15, 0.2) is 60.7 Å². The maximum atomic E-state index is 12.5. The lowest BCUT2D eigenvalue weighted by molar-refractivity contribution is 0.102. The maximum Gasteiger partial charge on any atom is 0.255 e. The predicted molar refractivity (Wildman–Crippen MR) is 110 cm³/mol. The average molecular weight is 376 g/mol. The van der Waals surface area contributed by atoms with Gasteiger partial charge in [0.2, 0.25) is 0 Å². The number of halogens is 1. The van der Waals surface area contributed by atoms with Crippen molar-refractivity contribution in [1.29, 1.82) is 0 Å². The highest BCUT2D eigenvalue weighted by Gasteiger charge is 2.09. The number of amides is 1. The van der Waals surface area contributed by atoms with E-state index in [9.17, 15) is 4.79 Å². The van der Waals surface area contributed by atoms with E-state index in [2.05, 4.69) is 15.3 Å². The van der Waals surface area contributed by atoms with Crippen molar-refractivity contribution in [3.05, 3.63) is 82.4 Å². The van der Waals surface area contributed by atoms with Gasteiger partial charge in [-0.25, -0.2) is 4.98 Å². The molecule has 4 nitrogen and oxygen atoms in total. The number of aromatic amines is 1. The SMILES string of the molecule is Cc1ccc(NC(=O)c2ccc(-c3nc4ccc(Cl)cc4[nH]3)cc2)cc1C. The van der Waals surface area contributed by atoms with Crippen LogP contribution in [0.1, 0.15) is 21.5 Å². The molecule has 0 radical (unpaired) electrons. The van der Waals surface area contributed by atoms with Crippen LogP contribution in [0.3, 0.4) is 0 Å². The van der Waals surface area contributed by atoms with Crippen LogP contribution in [0.2, 0.25) is 5.02 Å². The monoisotopic (exact) mass is 375 g/mol. The van der Waals surface area contributed by atoms with Gasteiger partial charge in [-0.3, -0.25) is 4.79 Å². The van der Waals surface area contributed by atoms with Crippen molar-refractivity contribution in [2.45, 2.75) is 13.8 Å². The molecule has 5 heteroatoms. The van der Waals surface area contributed by atoms with E-state index < -0.39 is 0 Å². The summed E-state index contributed by atoms with van der Waals surface area (Å²) in [7, 11) is 0. The van der Waals surface area contributed by atoms with Crippen LogP contribution in [0.25, 0.3) is 22.4 Å². The number of aryl methyl sites for hydroxylation is 2. The number of hydrogen-bond acceptors (Lipinski definition) is 2. The van der Waals surface area contributed by atoms with E-state index in [0.717, 1.165) is 33.7 Å². The molecular formula is C22H18ClN3O. The number of H-pyrrole nitrogens is 1. The number of imidazole rings is 1. The van der Waals surface area contributed by atoms with Crippen LogP contribution in [0.5, 0.6) is 0 Å². The molecule has 0 saturated carbocycles. The number of aromatic nitrogens is 2. The molecule has 0 fully saturated rings. The second kappa shape index (κ2) is 6.89. The first-order valence-corrected chi connectivity index (χ1v) is 9.02. The van der Waals surface area contributed by atoms with Gasteiger partial charge < -0.3 is 10.3 Å². The summed E-state index contributed by atoms with van der Waals surface area (Å²) in [5, 5.41) is 3.60. The van der Waals surface area contributed by atoms with Gasteiger partial charge in [-0.1, -0.05) is 29.8 Å². The fourth-order valence-electron chi connectivity index (χ4n) is 2.92. The highest BCUT2D eigenvalue weighted by molar-refractivity contribution is 6.31. The number of fused-ring (bicyclic) bond motifs is 1. The van der Waals surface area contributed by atoms with E-state index in [1.807, 2.05) is 62.4 Å². The molecule has 0 aliphatic rings. The number of anilines is 1. The molecule has 0 bridgehead atoms.